The lowest BCUT2D eigenvalue weighted by atomic mass is 10.1. The smallest absolute Gasteiger partial charge is 0.191 e. The Balaban J connectivity index is 1.82. The summed E-state index contributed by atoms with van der Waals surface area (Å²) < 4.78 is 5.39. The van der Waals surface area contributed by atoms with Gasteiger partial charge in [0.15, 0.2) is 5.96 Å². The Hall–Kier alpha value is -1.63. The van der Waals surface area contributed by atoms with E-state index >= 15 is 0 Å². The van der Waals surface area contributed by atoms with Gasteiger partial charge in [-0.05, 0) is 45.1 Å². The quantitative estimate of drug-likeness (QED) is 0.397. The molecule has 0 aliphatic carbocycles. The van der Waals surface area contributed by atoms with Crippen LogP contribution in [0.3, 0.4) is 0 Å². The molecule has 0 spiro atoms. The third-order valence-electron chi connectivity index (χ3n) is 4.40. The minimum atomic E-state index is 0.697. The molecule has 1 heterocycles. The summed E-state index contributed by atoms with van der Waals surface area (Å²) in [4.78, 5) is 9.44. The summed E-state index contributed by atoms with van der Waals surface area (Å²) in [5.41, 5.74) is 2.62. The molecule has 26 heavy (non-hydrogen) atoms. The van der Waals surface area contributed by atoms with Gasteiger partial charge in [-0.1, -0.05) is 24.3 Å². The van der Waals surface area contributed by atoms with Crippen molar-refractivity contribution >= 4 is 5.96 Å². The average molecular weight is 362 g/mol. The maximum absolute atomic E-state index is 5.39. The van der Waals surface area contributed by atoms with E-state index < -0.39 is 0 Å². The van der Waals surface area contributed by atoms with Gasteiger partial charge in [-0.2, -0.15) is 0 Å². The molecule has 0 bridgehead atoms. The molecule has 1 aromatic carbocycles. The van der Waals surface area contributed by atoms with E-state index in [1.807, 2.05) is 0 Å². The molecule has 2 rings (SSSR count). The van der Waals surface area contributed by atoms with Gasteiger partial charge in [0.25, 0.3) is 0 Å². The highest BCUT2D eigenvalue weighted by molar-refractivity contribution is 5.79. The number of aliphatic imine (C=N–C) groups is 1. The Bertz CT molecular complexity index is 541. The maximum atomic E-state index is 5.39. The van der Waals surface area contributed by atoms with Crippen molar-refractivity contribution in [3.05, 3.63) is 35.4 Å². The Labute approximate surface area is 158 Å². The van der Waals surface area contributed by atoms with Crippen LogP contribution in [0, 0.1) is 0 Å². The van der Waals surface area contributed by atoms with Crippen molar-refractivity contribution in [2.24, 2.45) is 4.99 Å². The van der Waals surface area contributed by atoms with Crippen molar-refractivity contribution in [1.29, 1.82) is 0 Å². The Kier molecular flexibility index (Phi) is 9.45. The van der Waals surface area contributed by atoms with Gasteiger partial charge in [-0.3, -0.25) is 4.90 Å². The molecule has 1 aliphatic heterocycles. The molecule has 2 N–H and O–H groups in total. The topological polar surface area (TPSA) is 52.1 Å². The molecule has 0 unspecified atom stereocenters. The van der Waals surface area contributed by atoms with E-state index in [0.29, 0.717) is 6.54 Å². The molecule has 0 saturated carbocycles. The average Bonchev–Trinajstić information content (AvgIpc) is 2.64. The second-order valence-corrected chi connectivity index (χ2v) is 6.94. The fourth-order valence-corrected chi connectivity index (χ4v) is 3.05. The number of rotatable bonds is 9. The molecule has 1 fully saturated rings. The number of ether oxygens (including phenoxy) is 1. The van der Waals surface area contributed by atoms with Crippen molar-refractivity contribution < 1.29 is 4.74 Å². The Morgan fingerprint density at radius 2 is 1.88 bits per heavy atom. The highest BCUT2D eigenvalue weighted by Gasteiger charge is 2.09. The van der Waals surface area contributed by atoms with Crippen molar-refractivity contribution in [2.45, 2.75) is 26.4 Å². The SMILES string of the molecule is CCNC(=NCc1ccccc1CN(C)C)NCCCN1CCOCC1. The van der Waals surface area contributed by atoms with Crippen LogP contribution in [0.2, 0.25) is 0 Å². The number of nitrogens with zero attached hydrogens (tertiary/aromatic N) is 3. The summed E-state index contributed by atoms with van der Waals surface area (Å²) in [6.45, 7) is 10.5. The van der Waals surface area contributed by atoms with Gasteiger partial charge in [0, 0.05) is 32.7 Å². The molecule has 1 aromatic rings. The van der Waals surface area contributed by atoms with Crippen molar-refractivity contribution in [1.82, 2.24) is 20.4 Å². The number of hydrogen-bond donors (Lipinski definition) is 2. The van der Waals surface area contributed by atoms with Crippen LogP contribution < -0.4 is 10.6 Å². The van der Waals surface area contributed by atoms with E-state index in [1.165, 1.54) is 11.1 Å². The molecular formula is C20H35N5O. The molecule has 1 saturated heterocycles. The third kappa shape index (κ3) is 7.72. The van der Waals surface area contributed by atoms with E-state index in [2.05, 4.69) is 65.7 Å². The van der Waals surface area contributed by atoms with Gasteiger partial charge in [-0.25, -0.2) is 4.99 Å². The molecule has 146 valence electrons. The first-order valence-corrected chi connectivity index (χ1v) is 9.73. The lowest BCUT2D eigenvalue weighted by Gasteiger charge is -2.26. The first-order valence-electron chi connectivity index (χ1n) is 9.73. The number of morpholine rings is 1. The van der Waals surface area contributed by atoms with E-state index in [0.717, 1.165) is 64.9 Å². The lowest BCUT2D eigenvalue weighted by molar-refractivity contribution is 0.0376. The minimum Gasteiger partial charge on any atom is -0.379 e. The molecule has 6 heteroatoms. The zero-order valence-electron chi connectivity index (χ0n) is 16.6. The largest absolute Gasteiger partial charge is 0.379 e. The van der Waals surface area contributed by atoms with Crippen LogP contribution in [-0.4, -0.2) is 75.8 Å². The highest BCUT2D eigenvalue weighted by atomic mass is 16.5. The van der Waals surface area contributed by atoms with Gasteiger partial charge in [-0.15, -0.1) is 0 Å². The summed E-state index contributed by atoms with van der Waals surface area (Å²) >= 11 is 0. The van der Waals surface area contributed by atoms with Crippen LogP contribution >= 0.6 is 0 Å². The van der Waals surface area contributed by atoms with E-state index in [9.17, 15) is 0 Å². The van der Waals surface area contributed by atoms with Crippen LogP contribution in [-0.2, 0) is 17.8 Å². The standard InChI is InChI=1S/C20H35N5O/c1-4-21-20(22-10-7-11-25-12-14-26-15-13-25)23-16-18-8-5-6-9-19(18)17-24(2)3/h5-6,8-9H,4,7,10-17H2,1-3H3,(H2,21,22,23). The molecule has 0 aromatic heterocycles. The monoisotopic (exact) mass is 361 g/mol. The van der Waals surface area contributed by atoms with Crippen molar-refractivity contribution in [3.8, 4) is 0 Å². The molecular weight excluding hydrogens is 326 g/mol. The Morgan fingerprint density at radius 3 is 2.58 bits per heavy atom. The van der Waals surface area contributed by atoms with Gasteiger partial charge in [0.2, 0.25) is 0 Å². The normalized spacial score (nSPS) is 16.1. The number of benzene rings is 1. The van der Waals surface area contributed by atoms with Gasteiger partial charge in [0.1, 0.15) is 0 Å². The first kappa shape index (κ1) is 20.7. The van der Waals surface area contributed by atoms with E-state index in [1.54, 1.807) is 0 Å². The fourth-order valence-electron chi connectivity index (χ4n) is 3.05. The Morgan fingerprint density at radius 1 is 1.15 bits per heavy atom. The second kappa shape index (κ2) is 11.9. The van der Waals surface area contributed by atoms with Crippen LogP contribution in [0.25, 0.3) is 0 Å². The fraction of sp³-hybridized carbons (Fsp3) is 0.650. The molecule has 6 nitrogen and oxygen atoms in total. The maximum Gasteiger partial charge on any atom is 0.191 e. The lowest BCUT2D eigenvalue weighted by Crippen LogP contribution is -2.40. The summed E-state index contributed by atoms with van der Waals surface area (Å²) in [5.74, 6) is 0.897. The first-order chi connectivity index (χ1) is 12.7. The third-order valence-corrected chi connectivity index (χ3v) is 4.40. The number of guanidine groups is 1. The van der Waals surface area contributed by atoms with Crippen LogP contribution in [0.15, 0.2) is 29.3 Å². The zero-order valence-corrected chi connectivity index (χ0v) is 16.6. The van der Waals surface area contributed by atoms with Gasteiger partial charge < -0.3 is 20.3 Å². The van der Waals surface area contributed by atoms with E-state index in [4.69, 9.17) is 9.73 Å². The second-order valence-electron chi connectivity index (χ2n) is 6.94. The summed E-state index contributed by atoms with van der Waals surface area (Å²) in [6.07, 6.45) is 1.11. The molecule has 0 amide bonds. The van der Waals surface area contributed by atoms with Gasteiger partial charge in [0.05, 0.1) is 19.8 Å². The molecule has 1 aliphatic rings. The molecule has 0 atom stereocenters. The highest BCUT2D eigenvalue weighted by Crippen LogP contribution is 2.11. The van der Waals surface area contributed by atoms with E-state index in [-0.39, 0.29) is 0 Å². The van der Waals surface area contributed by atoms with Crippen molar-refractivity contribution in [3.63, 3.8) is 0 Å². The predicted octanol–water partition coefficient (Wildman–Crippen LogP) is 1.53. The van der Waals surface area contributed by atoms with Gasteiger partial charge >= 0.3 is 0 Å². The van der Waals surface area contributed by atoms with Crippen LogP contribution in [0.1, 0.15) is 24.5 Å². The van der Waals surface area contributed by atoms with Crippen molar-refractivity contribution in [2.75, 3.05) is 60.0 Å². The summed E-state index contributed by atoms with van der Waals surface area (Å²) in [6, 6.07) is 8.55. The zero-order chi connectivity index (χ0) is 18.6. The number of nitrogens with one attached hydrogen (secondary N) is 2. The number of hydrogen-bond acceptors (Lipinski definition) is 4. The van der Waals surface area contributed by atoms with Crippen LogP contribution in [0.5, 0.6) is 0 Å². The minimum absolute atomic E-state index is 0.697. The van der Waals surface area contributed by atoms with Crippen LogP contribution in [0.4, 0.5) is 0 Å². The molecule has 0 radical (unpaired) electrons. The predicted molar refractivity (Wildman–Crippen MR) is 109 cm³/mol. The summed E-state index contributed by atoms with van der Waals surface area (Å²) in [7, 11) is 4.19. The summed E-state index contributed by atoms with van der Waals surface area (Å²) in [5, 5.41) is 6.81.